The zero-order valence-electron chi connectivity index (χ0n) is 8.23. The van der Waals surface area contributed by atoms with Crippen molar-refractivity contribution >= 4 is 21.7 Å². The fourth-order valence-corrected chi connectivity index (χ4v) is 1.29. The number of aliphatic carboxylic acids is 1. The lowest BCUT2D eigenvalue weighted by Crippen LogP contribution is -2.32. The molecule has 0 unspecified atom stereocenters. The molecule has 2 N–H and O–H groups in total. The number of hydrogen-bond acceptors (Lipinski definition) is 5. The predicted octanol–water partition coefficient (Wildman–Crippen LogP) is -1.75. The minimum atomic E-state index is -3.33. The topological polar surface area (TPSA) is 110 Å². The summed E-state index contributed by atoms with van der Waals surface area (Å²) in [4.78, 5) is 20.9. The third kappa shape index (κ3) is 10.8. The first-order chi connectivity index (χ1) is 6.81. The van der Waals surface area contributed by atoms with Crippen LogP contribution in [0, 0.1) is 0 Å². The summed E-state index contributed by atoms with van der Waals surface area (Å²) in [7, 11) is -3.33. The van der Waals surface area contributed by atoms with Gasteiger partial charge in [-0.1, -0.05) is 0 Å². The predicted molar refractivity (Wildman–Crippen MR) is 51.2 cm³/mol. The average molecular weight is 239 g/mol. The highest BCUT2D eigenvalue weighted by Crippen LogP contribution is 1.82. The molecule has 88 valence electrons. The Morgan fingerprint density at radius 2 is 2.00 bits per heavy atom. The highest BCUT2D eigenvalue weighted by Gasteiger charge is 2.09. The van der Waals surface area contributed by atoms with Gasteiger partial charge in [-0.3, -0.25) is 4.79 Å². The molecule has 0 saturated heterocycles. The van der Waals surface area contributed by atoms with Gasteiger partial charge in [-0.05, 0) is 0 Å². The highest BCUT2D eigenvalue weighted by atomic mass is 32.2. The molecule has 0 heterocycles. The number of carboxylic acids is 1. The Hall–Kier alpha value is -1.15. The summed E-state index contributed by atoms with van der Waals surface area (Å²) in [6, 6.07) is 0. The lowest BCUT2D eigenvalue weighted by Gasteiger charge is -2.03. The Kier molecular flexibility index (Phi) is 5.87. The largest absolute Gasteiger partial charge is 0.480 e. The minimum absolute atomic E-state index is 0.0296. The number of carbonyl (C=O) groups is 2. The van der Waals surface area contributed by atoms with E-state index in [1.807, 2.05) is 0 Å². The zero-order chi connectivity index (χ0) is 11.9. The Morgan fingerprint density at radius 3 is 2.47 bits per heavy atom. The van der Waals surface area contributed by atoms with E-state index >= 15 is 0 Å². The molecule has 0 atom stereocenters. The number of hydrogen-bond donors (Lipinski definition) is 2. The van der Waals surface area contributed by atoms with E-state index in [-0.39, 0.29) is 13.2 Å². The van der Waals surface area contributed by atoms with Crippen LogP contribution in [0.2, 0.25) is 0 Å². The number of sulfone groups is 1. The fourth-order valence-electron chi connectivity index (χ4n) is 0.711. The first-order valence-electron chi connectivity index (χ1n) is 4.05. The van der Waals surface area contributed by atoms with E-state index in [9.17, 15) is 18.0 Å². The number of carboxylic acid groups (broad SMARTS) is 1. The second kappa shape index (κ2) is 6.36. The summed E-state index contributed by atoms with van der Waals surface area (Å²) < 4.78 is 25.9. The van der Waals surface area contributed by atoms with Crippen LogP contribution in [0.3, 0.4) is 0 Å². The van der Waals surface area contributed by atoms with E-state index in [0.29, 0.717) is 0 Å². The summed E-state index contributed by atoms with van der Waals surface area (Å²) in [5.74, 6) is -2.31. The maximum Gasteiger partial charge on any atom is 0.329 e. The number of carbonyl (C=O) groups excluding carboxylic acids is 1. The lowest BCUT2D eigenvalue weighted by atomic mass is 10.6. The molecular weight excluding hydrogens is 226 g/mol. The molecule has 0 radical (unpaired) electrons. The Labute approximate surface area is 87.3 Å². The molecule has 0 aliphatic heterocycles. The summed E-state index contributed by atoms with van der Waals surface area (Å²) >= 11 is 0. The number of ether oxygens (including phenoxy) is 1. The quantitative estimate of drug-likeness (QED) is 0.510. The zero-order valence-corrected chi connectivity index (χ0v) is 9.04. The van der Waals surface area contributed by atoms with Gasteiger partial charge in [0.2, 0.25) is 5.91 Å². The van der Waals surface area contributed by atoms with Gasteiger partial charge in [-0.25, -0.2) is 13.2 Å². The van der Waals surface area contributed by atoms with E-state index in [1.54, 1.807) is 0 Å². The van der Waals surface area contributed by atoms with Crippen LogP contribution in [-0.2, 0) is 24.2 Å². The van der Waals surface area contributed by atoms with Gasteiger partial charge in [-0.2, -0.15) is 0 Å². The molecule has 1 amide bonds. The molecule has 0 aromatic rings. The molecule has 7 nitrogen and oxygen atoms in total. The minimum Gasteiger partial charge on any atom is -0.480 e. The fraction of sp³-hybridized carbons (Fsp3) is 0.714. The van der Waals surface area contributed by atoms with Gasteiger partial charge in [0, 0.05) is 12.8 Å². The van der Waals surface area contributed by atoms with Crippen LogP contribution in [0.5, 0.6) is 0 Å². The SMILES string of the molecule is CS(=O)(=O)CC(=O)NCCOCC(=O)O. The van der Waals surface area contributed by atoms with Gasteiger partial charge >= 0.3 is 5.97 Å². The average Bonchev–Trinajstić information content (AvgIpc) is 1.99. The van der Waals surface area contributed by atoms with E-state index in [2.05, 4.69) is 10.1 Å². The molecule has 0 aromatic carbocycles. The molecule has 0 aromatic heterocycles. The monoisotopic (exact) mass is 239 g/mol. The van der Waals surface area contributed by atoms with Gasteiger partial charge < -0.3 is 15.2 Å². The third-order valence-corrected chi connectivity index (χ3v) is 1.97. The lowest BCUT2D eigenvalue weighted by molar-refractivity contribution is -0.142. The molecule has 15 heavy (non-hydrogen) atoms. The van der Waals surface area contributed by atoms with E-state index in [4.69, 9.17) is 5.11 Å². The van der Waals surface area contributed by atoms with Crippen LogP contribution in [0.15, 0.2) is 0 Å². The summed E-state index contributed by atoms with van der Waals surface area (Å²) in [5, 5.41) is 10.5. The maximum atomic E-state index is 10.9. The molecule has 0 bridgehead atoms. The number of rotatable bonds is 7. The van der Waals surface area contributed by atoms with Crippen LogP contribution in [0.1, 0.15) is 0 Å². The highest BCUT2D eigenvalue weighted by molar-refractivity contribution is 7.91. The van der Waals surface area contributed by atoms with Crippen LogP contribution < -0.4 is 5.32 Å². The van der Waals surface area contributed by atoms with Gasteiger partial charge in [0.15, 0.2) is 9.84 Å². The van der Waals surface area contributed by atoms with Crippen molar-refractivity contribution in [3.63, 3.8) is 0 Å². The third-order valence-electron chi connectivity index (χ3n) is 1.19. The molecule has 0 saturated carbocycles. The smallest absolute Gasteiger partial charge is 0.329 e. The van der Waals surface area contributed by atoms with Gasteiger partial charge in [0.25, 0.3) is 0 Å². The first kappa shape index (κ1) is 13.8. The van der Waals surface area contributed by atoms with Crippen LogP contribution in [0.25, 0.3) is 0 Å². The van der Waals surface area contributed by atoms with Gasteiger partial charge in [0.1, 0.15) is 12.4 Å². The van der Waals surface area contributed by atoms with Gasteiger partial charge in [-0.15, -0.1) is 0 Å². The van der Waals surface area contributed by atoms with Crippen LogP contribution in [0.4, 0.5) is 0 Å². The molecule has 0 spiro atoms. The summed E-state index contributed by atoms with van der Waals surface area (Å²) in [6.07, 6.45) is 0.952. The molecule has 0 rings (SSSR count). The number of amides is 1. The van der Waals surface area contributed by atoms with Crippen LogP contribution >= 0.6 is 0 Å². The summed E-state index contributed by atoms with van der Waals surface area (Å²) in [5.41, 5.74) is 0. The first-order valence-corrected chi connectivity index (χ1v) is 6.11. The molecule has 0 fully saturated rings. The molecule has 0 aliphatic rings. The van der Waals surface area contributed by atoms with E-state index < -0.39 is 34.1 Å². The van der Waals surface area contributed by atoms with Crippen molar-refractivity contribution in [2.24, 2.45) is 0 Å². The van der Waals surface area contributed by atoms with Crippen molar-refractivity contribution in [3.05, 3.63) is 0 Å². The normalized spacial score (nSPS) is 11.0. The van der Waals surface area contributed by atoms with E-state index in [1.165, 1.54) is 0 Å². The van der Waals surface area contributed by atoms with Crippen molar-refractivity contribution in [1.82, 2.24) is 5.32 Å². The second-order valence-corrected chi connectivity index (χ2v) is 5.01. The molecule has 0 aliphatic carbocycles. The van der Waals surface area contributed by atoms with Crippen molar-refractivity contribution in [1.29, 1.82) is 0 Å². The van der Waals surface area contributed by atoms with Crippen molar-refractivity contribution in [2.45, 2.75) is 0 Å². The maximum absolute atomic E-state index is 10.9. The number of nitrogens with one attached hydrogen (secondary N) is 1. The van der Waals surface area contributed by atoms with E-state index in [0.717, 1.165) is 6.26 Å². The Morgan fingerprint density at radius 1 is 1.40 bits per heavy atom. The molecular formula is C7H13NO6S. The Bertz CT molecular complexity index is 322. The standard InChI is InChI=1S/C7H13NO6S/c1-15(12,13)5-6(9)8-2-3-14-4-7(10)11/h2-5H2,1H3,(H,8,9)(H,10,11). The summed E-state index contributed by atoms with van der Waals surface area (Å²) in [6.45, 7) is -0.328. The van der Waals surface area contributed by atoms with Crippen molar-refractivity contribution < 1.29 is 27.9 Å². The molecule has 8 heteroatoms. The van der Waals surface area contributed by atoms with Crippen LogP contribution in [-0.4, -0.2) is 57.2 Å². The van der Waals surface area contributed by atoms with Crippen molar-refractivity contribution in [2.75, 3.05) is 31.8 Å². The van der Waals surface area contributed by atoms with Crippen molar-refractivity contribution in [3.8, 4) is 0 Å². The second-order valence-electron chi connectivity index (χ2n) is 2.87. The Balaban J connectivity index is 3.52. The van der Waals surface area contributed by atoms with Gasteiger partial charge in [0.05, 0.1) is 6.61 Å².